The molecule has 1 amide bonds. The summed E-state index contributed by atoms with van der Waals surface area (Å²) in [5, 5.41) is 9.75. The first-order valence-electron chi connectivity index (χ1n) is 6.92. The zero-order valence-corrected chi connectivity index (χ0v) is 13.2. The number of carbonyl (C=O) groups excluding carboxylic acids is 1. The molecule has 3 aromatic rings. The van der Waals surface area contributed by atoms with Gasteiger partial charge in [0, 0.05) is 24.9 Å². The number of aromatic nitrogens is 3. The highest BCUT2D eigenvalue weighted by Crippen LogP contribution is 2.16. The number of benzene rings is 1. The molecule has 0 atom stereocenters. The Morgan fingerprint density at radius 2 is 2.09 bits per heavy atom. The fraction of sp³-hybridized carbons (Fsp3) is 0.188. The van der Waals surface area contributed by atoms with Crippen molar-refractivity contribution < 1.29 is 4.79 Å². The molecule has 22 heavy (non-hydrogen) atoms. The number of rotatable bonds is 4. The minimum Gasteiger partial charge on any atom is -0.305 e. The Morgan fingerprint density at radius 1 is 1.32 bits per heavy atom. The monoisotopic (exact) mass is 312 g/mol. The number of nitrogens with zero attached hydrogens (tertiary/aromatic N) is 3. The zero-order chi connectivity index (χ0) is 15.5. The van der Waals surface area contributed by atoms with E-state index in [1.807, 2.05) is 31.2 Å². The van der Waals surface area contributed by atoms with E-state index >= 15 is 0 Å². The van der Waals surface area contributed by atoms with Gasteiger partial charge in [-0.1, -0.05) is 30.3 Å². The van der Waals surface area contributed by atoms with Crippen molar-refractivity contribution in [1.82, 2.24) is 14.8 Å². The number of hydrogen-bond donors (Lipinski definition) is 1. The van der Waals surface area contributed by atoms with Crippen molar-refractivity contribution in [2.24, 2.45) is 7.05 Å². The topological polar surface area (TPSA) is 59.8 Å². The third kappa shape index (κ3) is 3.23. The van der Waals surface area contributed by atoms with E-state index in [9.17, 15) is 4.79 Å². The number of amides is 1. The van der Waals surface area contributed by atoms with Crippen molar-refractivity contribution in [2.75, 3.05) is 5.32 Å². The predicted molar refractivity (Wildman–Crippen MR) is 87.3 cm³/mol. The molecule has 0 spiro atoms. The Labute approximate surface area is 132 Å². The van der Waals surface area contributed by atoms with Gasteiger partial charge in [-0.25, -0.2) is 4.98 Å². The smallest absolute Gasteiger partial charge is 0.276 e. The van der Waals surface area contributed by atoms with Gasteiger partial charge < -0.3 is 5.32 Å². The molecular formula is C16H16N4OS. The van der Waals surface area contributed by atoms with Gasteiger partial charge in [-0.05, 0) is 12.5 Å². The van der Waals surface area contributed by atoms with E-state index in [4.69, 9.17) is 0 Å². The molecule has 0 bridgehead atoms. The van der Waals surface area contributed by atoms with E-state index in [0.717, 1.165) is 17.1 Å². The molecule has 0 saturated carbocycles. The molecule has 0 aliphatic rings. The van der Waals surface area contributed by atoms with Crippen LogP contribution in [0.25, 0.3) is 0 Å². The van der Waals surface area contributed by atoms with Gasteiger partial charge in [-0.3, -0.25) is 9.48 Å². The van der Waals surface area contributed by atoms with E-state index < -0.39 is 0 Å². The molecule has 112 valence electrons. The molecule has 6 heteroatoms. The molecule has 0 aliphatic carbocycles. The number of hydrogen-bond acceptors (Lipinski definition) is 4. The number of anilines is 1. The van der Waals surface area contributed by atoms with Gasteiger partial charge in [0.2, 0.25) is 0 Å². The van der Waals surface area contributed by atoms with Crippen molar-refractivity contribution in [1.29, 1.82) is 0 Å². The molecule has 0 fully saturated rings. The van der Waals surface area contributed by atoms with E-state index in [0.29, 0.717) is 11.5 Å². The number of carbonyl (C=O) groups is 1. The summed E-state index contributed by atoms with van der Waals surface area (Å²) in [6.45, 7) is 1.89. The lowest BCUT2D eigenvalue weighted by molar-refractivity contribution is 0.102. The third-order valence-corrected chi connectivity index (χ3v) is 4.07. The van der Waals surface area contributed by atoms with E-state index in [1.165, 1.54) is 16.9 Å². The predicted octanol–water partition coefficient (Wildman–Crippen LogP) is 3.03. The summed E-state index contributed by atoms with van der Waals surface area (Å²) >= 11 is 1.50. The average molecular weight is 312 g/mol. The van der Waals surface area contributed by atoms with Gasteiger partial charge in [0.05, 0.1) is 10.7 Å². The van der Waals surface area contributed by atoms with Crippen molar-refractivity contribution in [2.45, 2.75) is 13.3 Å². The van der Waals surface area contributed by atoms with Crippen LogP contribution in [0, 0.1) is 6.92 Å². The largest absolute Gasteiger partial charge is 0.305 e. The lowest BCUT2D eigenvalue weighted by atomic mass is 10.2. The SMILES string of the molecule is Cc1cc(NC(=O)c2csc(Cc3ccccc3)n2)n(C)n1. The molecular weight excluding hydrogens is 296 g/mol. The van der Waals surface area contributed by atoms with Crippen LogP contribution < -0.4 is 5.32 Å². The maximum absolute atomic E-state index is 12.2. The second kappa shape index (κ2) is 6.11. The van der Waals surface area contributed by atoms with Gasteiger partial charge >= 0.3 is 0 Å². The third-order valence-electron chi connectivity index (χ3n) is 3.23. The Kier molecular flexibility index (Phi) is 4.02. The van der Waals surface area contributed by atoms with Crippen LogP contribution in [-0.4, -0.2) is 20.7 Å². The molecule has 5 nitrogen and oxygen atoms in total. The van der Waals surface area contributed by atoms with Crippen LogP contribution in [0.2, 0.25) is 0 Å². The molecule has 0 radical (unpaired) electrons. The highest BCUT2D eigenvalue weighted by Gasteiger charge is 2.13. The molecule has 0 aliphatic heterocycles. The normalized spacial score (nSPS) is 10.6. The van der Waals surface area contributed by atoms with Gasteiger partial charge in [0.15, 0.2) is 0 Å². The van der Waals surface area contributed by atoms with Crippen LogP contribution in [0.1, 0.15) is 26.8 Å². The van der Waals surface area contributed by atoms with Crippen molar-refractivity contribution >= 4 is 23.1 Å². The zero-order valence-electron chi connectivity index (χ0n) is 12.4. The summed E-state index contributed by atoms with van der Waals surface area (Å²) in [6.07, 6.45) is 0.740. The van der Waals surface area contributed by atoms with E-state index in [-0.39, 0.29) is 5.91 Å². The molecule has 2 heterocycles. The Bertz CT molecular complexity index is 792. The minimum atomic E-state index is -0.210. The van der Waals surface area contributed by atoms with Crippen LogP contribution in [0.4, 0.5) is 5.82 Å². The summed E-state index contributed by atoms with van der Waals surface area (Å²) in [4.78, 5) is 16.6. The fourth-order valence-corrected chi connectivity index (χ4v) is 2.98. The lowest BCUT2D eigenvalue weighted by Crippen LogP contribution is -2.15. The second-order valence-electron chi connectivity index (χ2n) is 5.04. The average Bonchev–Trinajstić information content (AvgIpc) is 3.07. The molecule has 3 rings (SSSR count). The van der Waals surface area contributed by atoms with Crippen LogP contribution in [0.3, 0.4) is 0 Å². The first-order chi connectivity index (χ1) is 10.6. The number of aryl methyl sites for hydroxylation is 2. The minimum absolute atomic E-state index is 0.210. The van der Waals surface area contributed by atoms with Gasteiger partial charge in [-0.2, -0.15) is 5.10 Å². The van der Waals surface area contributed by atoms with Crippen LogP contribution in [0.5, 0.6) is 0 Å². The molecule has 1 N–H and O–H groups in total. The number of nitrogens with one attached hydrogen (secondary N) is 1. The van der Waals surface area contributed by atoms with Crippen molar-refractivity contribution in [3.05, 3.63) is 63.7 Å². The van der Waals surface area contributed by atoms with Crippen molar-refractivity contribution in [3.63, 3.8) is 0 Å². The molecule has 0 saturated heterocycles. The summed E-state index contributed by atoms with van der Waals surface area (Å²) in [7, 11) is 1.80. The van der Waals surface area contributed by atoms with Gasteiger partial charge in [0.25, 0.3) is 5.91 Å². The summed E-state index contributed by atoms with van der Waals surface area (Å²) in [6, 6.07) is 11.9. The van der Waals surface area contributed by atoms with Crippen LogP contribution >= 0.6 is 11.3 Å². The molecule has 1 aromatic carbocycles. The van der Waals surface area contributed by atoms with Gasteiger partial charge in [-0.15, -0.1) is 11.3 Å². The first kappa shape index (κ1) is 14.5. The molecule has 2 aromatic heterocycles. The van der Waals surface area contributed by atoms with Gasteiger partial charge in [0.1, 0.15) is 11.5 Å². The Morgan fingerprint density at radius 3 is 2.77 bits per heavy atom. The van der Waals surface area contributed by atoms with E-state index in [2.05, 4.69) is 27.5 Å². The van der Waals surface area contributed by atoms with Crippen LogP contribution in [0.15, 0.2) is 41.8 Å². The van der Waals surface area contributed by atoms with Crippen LogP contribution in [-0.2, 0) is 13.5 Å². The molecule has 0 unspecified atom stereocenters. The highest BCUT2D eigenvalue weighted by atomic mass is 32.1. The first-order valence-corrected chi connectivity index (χ1v) is 7.80. The van der Waals surface area contributed by atoms with E-state index in [1.54, 1.807) is 17.1 Å². The summed E-state index contributed by atoms with van der Waals surface area (Å²) < 4.78 is 1.64. The standard InChI is InChI=1S/C16H16N4OS/c1-11-8-14(20(2)19-11)18-16(21)13-10-22-15(17-13)9-12-6-4-3-5-7-12/h3-8,10H,9H2,1-2H3,(H,18,21). The maximum Gasteiger partial charge on any atom is 0.276 e. The quantitative estimate of drug-likeness (QED) is 0.805. The maximum atomic E-state index is 12.2. The Balaban J connectivity index is 1.70. The highest BCUT2D eigenvalue weighted by molar-refractivity contribution is 7.09. The number of thiazole rings is 1. The lowest BCUT2D eigenvalue weighted by Gasteiger charge is -2.02. The Hall–Kier alpha value is -2.47. The summed E-state index contributed by atoms with van der Waals surface area (Å²) in [5.74, 6) is 0.457. The van der Waals surface area contributed by atoms with Crippen molar-refractivity contribution in [3.8, 4) is 0 Å². The summed E-state index contributed by atoms with van der Waals surface area (Å²) in [5.41, 5.74) is 2.49. The fourth-order valence-electron chi connectivity index (χ4n) is 2.17. The second-order valence-corrected chi connectivity index (χ2v) is 5.98.